The third kappa shape index (κ3) is 4.71. The number of ether oxygens (including phenoxy) is 1. The first-order valence-electron chi connectivity index (χ1n) is 12.7. The van der Waals surface area contributed by atoms with Crippen molar-refractivity contribution in [1.82, 2.24) is 30.1 Å². The van der Waals surface area contributed by atoms with Gasteiger partial charge in [-0.05, 0) is 74.4 Å². The number of benzene rings is 2. The van der Waals surface area contributed by atoms with Crippen molar-refractivity contribution in [2.45, 2.75) is 46.2 Å². The zero-order chi connectivity index (χ0) is 26.3. The average molecular weight is 502 g/mol. The number of aromatic nitrogens is 5. The van der Waals surface area contributed by atoms with Gasteiger partial charge < -0.3 is 14.6 Å². The summed E-state index contributed by atoms with van der Waals surface area (Å²) in [7, 11) is 1.69. The summed E-state index contributed by atoms with van der Waals surface area (Å²) in [6.45, 7) is 13.4. The molecule has 3 heterocycles. The molecule has 1 unspecified atom stereocenters. The molecular formula is C28H35N7O2. The summed E-state index contributed by atoms with van der Waals surface area (Å²) in [5.74, 6) is 1.52. The second kappa shape index (κ2) is 9.63. The molecule has 2 aromatic heterocycles. The van der Waals surface area contributed by atoms with Gasteiger partial charge in [0.2, 0.25) is 0 Å². The van der Waals surface area contributed by atoms with Crippen molar-refractivity contribution in [3.63, 3.8) is 0 Å². The normalized spacial score (nSPS) is 15.8. The first-order chi connectivity index (χ1) is 17.7. The molecule has 9 nitrogen and oxygen atoms in total. The van der Waals surface area contributed by atoms with Crippen LogP contribution in [-0.2, 0) is 5.54 Å². The summed E-state index contributed by atoms with van der Waals surface area (Å²) in [4.78, 5) is 21.5. The molecule has 1 aliphatic rings. The van der Waals surface area contributed by atoms with Gasteiger partial charge in [-0.25, -0.2) is 4.68 Å². The summed E-state index contributed by atoms with van der Waals surface area (Å²) < 4.78 is 7.27. The van der Waals surface area contributed by atoms with E-state index in [0.717, 1.165) is 59.6 Å². The van der Waals surface area contributed by atoms with E-state index in [-0.39, 0.29) is 17.1 Å². The van der Waals surface area contributed by atoms with Crippen LogP contribution in [0.5, 0.6) is 5.75 Å². The lowest BCUT2D eigenvalue weighted by Crippen LogP contribution is -2.49. The fourth-order valence-corrected chi connectivity index (χ4v) is 5.18. The van der Waals surface area contributed by atoms with E-state index in [0.29, 0.717) is 11.4 Å². The van der Waals surface area contributed by atoms with E-state index < -0.39 is 0 Å². The Morgan fingerprint density at radius 2 is 1.73 bits per heavy atom. The van der Waals surface area contributed by atoms with Gasteiger partial charge in [0.15, 0.2) is 5.82 Å². The number of rotatable bonds is 5. The van der Waals surface area contributed by atoms with Gasteiger partial charge in [-0.15, -0.1) is 5.10 Å². The van der Waals surface area contributed by atoms with Crippen molar-refractivity contribution < 1.29 is 4.74 Å². The molecule has 2 aromatic carbocycles. The number of tetrazole rings is 1. The molecule has 5 rings (SSSR count). The van der Waals surface area contributed by atoms with E-state index in [1.165, 1.54) is 0 Å². The van der Waals surface area contributed by atoms with Crippen LogP contribution in [0.15, 0.2) is 47.3 Å². The largest absolute Gasteiger partial charge is 0.497 e. The fourth-order valence-electron chi connectivity index (χ4n) is 5.18. The molecule has 0 bridgehead atoms. The Morgan fingerprint density at radius 1 is 1.00 bits per heavy atom. The van der Waals surface area contributed by atoms with Crippen molar-refractivity contribution in [2.24, 2.45) is 0 Å². The number of pyridine rings is 1. The standard InChI is InChI=1S/C28H35N7O2/c1-18-10-11-19(2)24-22(18)17-23(27(36)29-24)25(26-30-31-32-35(26)28(3,4)5)34-14-12-33(13-15-34)20-8-7-9-21(16-20)37-6/h7-11,16-17,25H,12-15H2,1-6H3,(H,29,36). The highest BCUT2D eigenvalue weighted by Gasteiger charge is 2.35. The third-order valence-electron chi connectivity index (χ3n) is 7.24. The quantitative estimate of drug-likeness (QED) is 0.445. The highest BCUT2D eigenvalue weighted by atomic mass is 16.5. The molecule has 37 heavy (non-hydrogen) atoms. The number of anilines is 1. The second-order valence-electron chi connectivity index (χ2n) is 10.8. The molecule has 9 heteroatoms. The molecular weight excluding hydrogens is 466 g/mol. The predicted molar refractivity (Wildman–Crippen MR) is 145 cm³/mol. The van der Waals surface area contributed by atoms with Crippen molar-refractivity contribution in [1.29, 1.82) is 0 Å². The molecule has 0 amide bonds. The molecule has 0 spiro atoms. The summed E-state index contributed by atoms with van der Waals surface area (Å²) in [5, 5.41) is 13.9. The number of piperazine rings is 1. The van der Waals surface area contributed by atoms with E-state index in [1.807, 2.05) is 35.9 Å². The van der Waals surface area contributed by atoms with Crippen LogP contribution >= 0.6 is 0 Å². The number of aryl methyl sites for hydroxylation is 2. The number of nitrogens with zero attached hydrogens (tertiary/aromatic N) is 6. The minimum Gasteiger partial charge on any atom is -0.497 e. The molecule has 4 aromatic rings. The van der Waals surface area contributed by atoms with E-state index in [1.54, 1.807) is 7.11 Å². The van der Waals surface area contributed by atoms with Gasteiger partial charge in [0.05, 0.1) is 18.2 Å². The van der Waals surface area contributed by atoms with Crippen LogP contribution in [0.2, 0.25) is 0 Å². The molecule has 1 aliphatic heterocycles. The van der Waals surface area contributed by atoms with Crippen molar-refractivity contribution in [3.8, 4) is 5.75 Å². The van der Waals surface area contributed by atoms with Gasteiger partial charge in [-0.1, -0.05) is 18.2 Å². The summed E-state index contributed by atoms with van der Waals surface area (Å²) in [6, 6.07) is 13.9. The van der Waals surface area contributed by atoms with Crippen molar-refractivity contribution >= 4 is 16.6 Å². The molecule has 0 aliphatic carbocycles. The zero-order valence-electron chi connectivity index (χ0n) is 22.4. The van der Waals surface area contributed by atoms with Gasteiger partial charge in [0.25, 0.3) is 5.56 Å². The molecule has 1 fully saturated rings. The van der Waals surface area contributed by atoms with E-state index in [9.17, 15) is 4.79 Å². The number of hydrogen-bond donors (Lipinski definition) is 1. The van der Waals surface area contributed by atoms with E-state index in [2.05, 4.69) is 76.2 Å². The SMILES string of the molecule is COc1cccc(N2CCN(C(c3cc4c(C)ccc(C)c4[nH]c3=O)c3nnnn3C(C)(C)C)CC2)c1. The van der Waals surface area contributed by atoms with Gasteiger partial charge in [-0.2, -0.15) is 0 Å². The van der Waals surface area contributed by atoms with Gasteiger partial charge >= 0.3 is 0 Å². The van der Waals surface area contributed by atoms with Crippen molar-refractivity contribution in [3.05, 3.63) is 75.3 Å². The van der Waals surface area contributed by atoms with E-state index >= 15 is 0 Å². The fraction of sp³-hybridized carbons (Fsp3) is 0.429. The van der Waals surface area contributed by atoms with Gasteiger partial charge in [0, 0.05) is 48.9 Å². The minimum absolute atomic E-state index is 0.107. The number of fused-ring (bicyclic) bond motifs is 1. The number of aromatic amines is 1. The van der Waals surface area contributed by atoms with Crippen LogP contribution in [0.1, 0.15) is 49.3 Å². The van der Waals surface area contributed by atoms with Crippen molar-refractivity contribution in [2.75, 3.05) is 38.2 Å². The van der Waals surface area contributed by atoms with Crippen LogP contribution < -0.4 is 15.2 Å². The Hall–Kier alpha value is -3.72. The highest BCUT2D eigenvalue weighted by molar-refractivity contribution is 5.85. The number of nitrogens with one attached hydrogen (secondary N) is 1. The zero-order valence-corrected chi connectivity index (χ0v) is 22.4. The first kappa shape index (κ1) is 25.0. The highest BCUT2D eigenvalue weighted by Crippen LogP contribution is 2.32. The maximum absolute atomic E-state index is 13.6. The van der Waals surface area contributed by atoms with E-state index in [4.69, 9.17) is 4.74 Å². The summed E-state index contributed by atoms with van der Waals surface area (Å²) >= 11 is 0. The topological polar surface area (TPSA) is 92.2 Å². The lowest BCUT2D eigenvalue weighted by Gasteiger charge is -2.40. The maximum atomic E-state index is 13.6. The molecule has 0 radical (unpaired) electrons. The first-order valence-corrected chi connectivity index (χ1v) is 12.7. The van der Waals surface area contributed by atoms with Crippen LogP contribution in [0.3, 0.4) is 0 Å². The monoisotopic (exact) mass is 501 g/mol. The summed E-state index contributed by atoms with van der Waals surface area (Å²) in [6.07, 6.45) is 0. The minimum atomic E-state index is -0.380. The maximum Gasteiger partial charge on any atom is 0.253 e. The van der Waals surface area contributed by atoms with Crippen LogP contribution in [0.25, 0.3) is 10.9 Å². The van der Waals surface area contributed by atoms with Crippen LogP contribution in [0, 0.1) is 13.8 Å². The Bertz CT molecular complexity index is 1480. The average Bonchev–Trinajstić information content (AvgIpc) is 3.38. The lowest BCUT2D eigenvalue weighted by atomic mass is 9.98. The number of H-pyrrole nitrogens is 1. The molecule has 0 saturated carbocycles. The predicted octanol–water partition coefficient (Wildman–Crippen LogP) is 3.81. The lowest BCUT2D eigenvalue weighted by molar-refractivity contribution is 0.190. The molecule has 1 N–H and O–H groups in total. The molecule has 1 saturated heterocycles. The van der Waals surface area contributed by atoms with Crippen LogP contribution in [0.4, 0.5) is 5.69 Å². The Balaban J connectivity index is 1.57. The van der Waals surface area contributed by atoms with Gasteiger partial charge in [0.1, 0.15) is 11.8 Å². The van der Waals surface area contributed by atoms with Gasteiger partial charge in [-0.3, -0.25) is 9.69 Å². The summed E-state index contributed by atoms with van der Waals surface area (Å²) in [5.41, 5.74) is 4.40. The number of hydrogen-bond acceptors (Lipinski definition) is 7. The third-order valence-corrected chi connectivity index (χ3v) is 7.24. The Labute approximate surface area is 217 Å². The molecule has 194 valence electrons. The number of methoxy groups -OCH3 is 1. The Kier molecular flexibility index (Phi) is 6.49. The smallest absolute Gasteiger partial charge is 0.253 e. The Morgan fingerprint density at radius 3 is 2.43 bits per heavy atom. The molecule has 1 atom stereocenters. The van der Waals surface area contributed by atoms with Crippen LogP contribution in [-0.4, -0.2) is 63.4 Å². The second-order valence-corrected chi connectivity index (χ2v) is 10.8.